The van der Waals surface area contributed by atoms with E-state index in [2.05, 4.69) is 6.92 Å². The summed E-state index contributed by atoms with van der Waals surface area (Å²) in [4.78, 5) is 6.02. The fourth-order valence-electron chi connectivity index (χ4n) is 2.08. The summed E-state index contributed by atoms with van der Waals surface area (Å²) in [6.07, 6.45) is 4.18. The molecule has 0 N–H and O–H groups in total. The number of methoxy groups -OCH3 is 1. The minimum Gasteiger partial charge on any atom is -0.493 e. The largest absolute Gasteiger partial charge is 0.493 e. The van der Waals surface area contributed by atoms with Crippen LogP contribution in [-0.2, 0) is 6.42 Å². The van der Waals surface area contributed by atoms with Gasteiger partial charge in [-0.25, -0.2) is 9.37 Å². The summed E-state index contributed by atoms with van der Waals surface area (Å²) in [6.45, 7) is 1.66. The first-order valence-corrected chi connectivity index (χ1v) is 9.18. The van der Waals surface area contributed by atoms with Gasteiger partial charge in [-0.1, -0.05) is 13.3 Å². The minimum atomic E-state index is -0.526. The smallest absolute Gasteiger partial charge is 0.161 e. The molecule has 0 atom stereocenters. The molecular weight excluding hydrogens is 321 g/mol. The molecule has 0 bridgehead atoms. The number of thiazole rings is 1. The number of halogens is 1. The van der Waals surface area contributed by atoms with Gasteiger partial charge in [0.1, 0.15) is 23.3 Å². The molecule has 0 aliphatic carbocycles. The van der Waals surface area contributed by atoms with E-state index in [0.717, 1.165) is 28.4 Å². The molecule has 0 aliphatic rings. The summed E-state index contributed by atoms with van der Waals surface area (Å²) in [6, 6.07) is 5.66. The first-order valence-electron chi connectivity index (χ1n) is 7.14. The molecule has 0 fully saturated rings. The summed E-state index contributed by atoms with van der Waals surface area (Å²) in [5, 5.41) is 2.05. The van der Waals surface area contributed by atoms with Gasteiger partial charge >= 0.3 is 0 Å². The molecule has 22 heavy (non-hydrogen) atoms. The molecule has 1 heterocycles. The van der Waals surface area contributed by atoms with Crippen LogP contribution in [0.4, 0.5) is 4.39 Å². The zero-order valence-electron chi connectivity index (χ0n) is 13.0. The Labute approximate surface area is 138 Å². The number of hydrogen-bond acceptors (Lipinski definition) is 5. The number of hydrogen-bond donors (Lipinski definition) is 0. The lowest BCUT2D eigenvalue weighted by atomic mass is 10.2. The Balaban J connectivity index is 2.35. The third-order valence-corrected chi connectivity index (χ3v) is 5.10. The van der Waals surface area contributed by atoms with Crippen LogP contribution in [0.2, 0.25) is 0 Å². The maximum absolute atomic E-state index is 12.3. The van der Waals surface area contributed by atoms with Crippen molar-refractivity contribution in [2.24, 2.45) is 0 Å². The molecule has 2 rings (SSSR count). The number of aryl methyl sites for hydroxylation is 1. The molecule has 6 heteroatoms. The predicted octanol–water partition coefficient (Wildman–Crippen LogP) is 4.84. The van der Waals surface area contributed by atoms with Crippen LogP contribution in [0.25, 0.3) is 10.6 Å². The van der Waals surface area contributed by atoms with E-state index in [1.165, 1.54) is 4.88 Å². The summed E-state index contributed by atoms with van der Waals surface area (Å²) >= 11 is 3.38. The molecule has 120 valence electrons. The SMILES string of the molecule is CCCc1sc(-c2ccc(OC)c(OCCF)c2)nc1SC. The van der Waals surface area contributed by atoms with E-state index in [1.54, 1.807) is 30.2 Å². The van der Waals surface area contributed by atoms with Crippen molar-refractivity contribution in [2.45, 2.75) is 24.8 Å². The van der Waals surface area contributed by atoms with E-state index in [9.17, 15) is 4.39 Å². The zero-order chi connectivity index (χ0) is 15.9. The Bertz CT molecular complexity index is 616. The highest BCUT2D eigenvalue weighted by atomic mass is 32.2. The van der Waals surface area contributed by atoms with E-state index in [1.807, 2.05) is 24.5 Å². The van der Waals surface area contributed by atoms with Crippen LogP contribution < -0.4 is 9.47 Å². The van der Waals surface area contributed by atoms with Gasteiger partial charge in [-0.15, -0.1) is 23.1 Å². The highest BCUT2D eigenvalue weighted by molar-refractivity contribution is 7.98. The summed E-state index contributed by atoms with van der Waals surface area (Å²) in [5.74, 6) is 1.16. The molecule has 0 aliphatic heterocycles. The second-order valence-electron chi connectivity index (χ2n) is 4.60. The first-order chi connectivity index (χ1) is 10.7. The van der Waals surface area contributed by atoms with Gasteiger partial charge in [0.05, 0.1) is 7.11 Å². The zero-order valence-corrected chi connectivity index (χ0v) is 14.7. The van der Waals surface area contributed by atoms with Gasteiger partial charge in [-0.05, 0) is 30.9 Å². The standard InChI is InChI=1S/C16H20FNO2S2/c1-4-5-14-16(21-3)18-15(22-14)11-6-7-12(19-2)13(10-11)20-9-8-17/h6-7,10H,4-5,8-9H2,1-3H3. The molecular formula is C16H20FNO2S2. The van der Waals surface area contributed by atoms with Gasteiger partial charge in [0.2, 0.25) is 0 Å². The number of benzene rings is 1. The minimum absolute atomic E-state index is 0.0226. The van der Waals surface area contributed by atoms with Crippen molar-refractivity contribution in [3.8, 4) is 22.1 Å². The summed E-state index contributed by atoms with van der Waals surface area (Å²) in [7, 11) is 1.58. The Kier molecular flexibility index (Phi) is 6.51. The molecule has 0 radical (unpaired) electrons. The quantitative estimate of drug-likeness (QED) is 0.643. The highest BCUT2D eigenvalue weighted by Gasteiger charge is 2.14. The second kappa shape index (κ2) is 8.39. The van der Waals surface area contributed by atoms with Crippen LogP contribution >= 0.6 is 23.1 Å². The first kappa shape index (κ1) is 17.1. The van der Waals surface area contributed by atoms with Gasteiger partial charge < -0.3 is 9.47 Å². The molecule has 0 amide bonds. The average Bonchev–Trinajstić information content (AvgIpc) is 2.96. The number of aromatic nitrogens is 1. The van der Waals surface area contributed by atoms with E-state index < -0.39 is 6.67 Å². The molecule has 0 unspecified atom stereocenters. The van der Waals surface area contributed by atoms with E-state index in [-0.39, 0.29) is 6.61 Å². The number of ether oxygens (including phenoxy) is 2. The topological polar surface area (TPSA) is 31.4 Å². The van der Waals surface area contributed by atoms with E-state index >= 15 is 0 Å². The Morgan fingerprint density at radius 3 is 2.77 bits per heavy atom. The molecule has 0 spiro atoms. The van der Waals surface area contributed by atoms with Crippen molar-refractivity contribution in [1.29, 1.82) is 0 Å². The number of thioether (sulfide) groups is 1. The molecule has 3 nitrogen and oxygen atoms in total. The van der Waals surface area contributed by atoms with Crippen LogP contribution in [0.5, 0.6) is 11.5 Å². The molecule has 1 aromatic carbocycles. The number of nitrogens with zero attached hydrogens (tertiary/aromatic N) is 1. The average molecular weight is 341 g/mol. The highest BCUT2D eigenvalue weighted by Crippen LogP contribution is 2.37. The summed E-state index contributed by atoms with van der Waals surface area (Å²) < 4.78 is 23.0. The third-order valence-electron chi connectivity index (χ3n) is 3.08. The van der Waals surface area contributed by atoms with E-state index in [0.29, 0.717) is 11.5 Å². The van der Waals surface area contributed by atoms with Crippen molar-refractivity contribution >= 4 is 23.1 Å². The van der Waals surface area contributed by atoms with Gasteiger partial charge in [-0.3, -0.25) is 0 Å². The van der Waals surface area contributed by atoms with Crippen molar-refractivity contribution < 1.29 is 13.9 Å². The van der Waals surface area contributed by atoms with Crippen LogP contribution in [0.15, 0.2) is 23.2 Å². The maximum atomic E-state index is 12.3. The molecule has 1 aromatic heterocycles. The molecule has 0 saturated heterocycles. The number of rotatable bonds is 8. The van der Waals surface area contributed by atoms with Gasteiger partial charge in [0.15, 0.2) is 11.5 Å². The monoisotopic (exact) mass is 341 g/mol. The van der Waals surface area contributed by atoms with Crippen molar-refractivity contribution in [3.63, 3.8) is 0 Å². The van der Waals surface area contributed by atoms with Gasteiger partial charge in [0.25, 0.3) is 0 Å². The van der Waals surface area contributed by atoms with Crippen LogP contribution in [0, 0.1) is 0 Å². The van der Waals surface area contributed by atoms with Gasteiger partial charge in [0, 0.05) is 10.4 Å². The Morgan fingerprint density at radius 2 is 2.14 bits per heavy atom. The second-order valence-corrected chi connectivity index (χ2v) is 6.48. The van der Waals surface area contributed by atoms with Crippen molar-refractivity contribution in [3.05, 3.63) is 23.1 Å². The molecule has 2 aromatic rings. The van der Waals surface area contributed by atoms with Crippen molar-refractivity contribution in [2.75, 3.05) is 26.6 Å². The van der Waals surface area contributed by atoms with Crippen molar-refractivity contribution in [1.82, 2.24) is 4.98 Å². The predicted molar refractivity (Wildman–Crippen MR) is 91.3 cm³/mol. The normalized spacial score (nSPS) is 10.7. The lowest BCUT2D eigenvalue weighted by Crippen LogP contribution is -2.00. The Hall–Kier alpha value is -1.27. The fourth-order valence-corrected chi connectivity index (χ4v) is 4.08. The van der Waals surface area contributed by atoms with Crippen LogP contribution in [-0.4, -0.2) is 31.6 Å². The fraction of sp³-hybridized carbons (Fsp3) is 0.438. The van der Waals surface area contributed by atoms with E-state index in [4.69, 9.17) is 14.5 Å². The van der Waals surface area contributed by atoms with Crippen LogP contribution in [0.3, 0.4) is 0 Å². The lowest BCUT2D eigenvalue weighted by Gasteiger charge is -2.10. The lowest BCUT2D eigenvalue weighted by molar-refractivity contribution is 0.260. The van der Waals surface area contributed by atoms with Gasteiger partial charge in [-0.2, -0.15) is 0 Å². The van der Waals surface area contributed by atoms with Crippen LogP contribution in [0.1, 0.15) is 18.2 Å². The maximum Gasteiger partial charge on any atom is 0.161 e. The Morgan fingerprint density at radius 1 is 1.32 bits per heavy atom. The third kappa shape index (κ3) is 3.93. The number of alkyl halides is 1. The summed E-state index contributed by atoms with van der Waals surface area (Å²) in [5.41, 5.74) is 0.970. The molecule has 0 saturated carbocycles.